The Morgan fingerprint density at radius 1 is 1.33 bits per heavy atom. The highest BCUT2D eigenvalue weighted by molar-refractivity contribution is 7.90. The molecule has 0 aliphatic rings. The van der Waals surface area contributed by atoms with Crippen molar-refractivity contribution in [3.05, 3.63) is 29.6 Å². The van der Waals surface area contributed by atoms with E-state index in [0.717, 1.165) is 24.5 Å². The van der Waals surface area contributed by atoms with E-state index in [1.54, 1.807) is 0 Å². The van der Waals surface area contributed by atoms with Gasteiger partial charge in [0.25, 0.3) is 5.91 Å². The summed E-state index contributed by atoms with van der Waals surface area (Å²) in [6.07, 6.45) is 1.02. The number of nitrogens with two attached hydrogens (primary N) is 1. The predicted molar refractivity (Wildman–Crippen MR) is 74.4 cm³/mol. The van der Waals surface area contributed by atoms with Crippen LogP contribution in [-0.4, -0.2) is 40.8 Å². The fourth-order valence-corrected chi connectivity index (χ4v) is 3.29. The maximum Gasteiger partial charge on any atom is 0.251 e. The smallest absolute Gasteiger partial charge is 0.251 e. The molecule has 21 heavy (non-hydrogen) atoms. The molecule has 0 fully saturated rings. The average Bonchev–Trinajstić information content (AvgIpc) is 2.24. The van der Waals surface area contributed by atoms with Crippen molar-refractivity contribution in [2.75, 3.05) is 12.0 Å². The van der Waals surface area contributed by atoms with Gasteiger partial charge in [0.2, 0.25) is 10.0 Å². The third-order valence-corrected chi connectivity index (χ3v) is 4.46. The molecule has 0 bridgehead atoms. The summed E-state index contributed by atoms with van der Waals surface area (Å²) in [6.45, 7) is 1.48. The van der Waals surface area contributed by atoms with Crippen molar-refractivity contribution in [3.63, 3.8) is 0 Å². The Bertz CT molecular complexity index is 759. The zero-order valence-electron chi connectivity index (χ0n) is 11.3. The van der Waals surface area contributed by atoms with Gasteiger partial charge in [-0.25, -0.2) is 26.4 Å². The summed E-state index contributed by atoms with van der Waals surface area (Å²) in [5.74, 6) is -2.07. The third-order valence-electron chi connectivity index (χ3n) is 2.43. The van der Waals surface area contributed by atoms with E-state index in [9.17, 15) is 26.0 Å². The highest BCUT2D eigenvalue weighted by Crippen LogP contribution is 2.15. The Balaban J connectivity index is 2.99. The standard InChI is InChI=1S/C11H15FN2O5S2/c1-7(6-20(2,16)17)14-11(15)8-3-4-9(12)10(5-8)21(13,18)19/h3-5,7H,6H2,1-2H3,(H,14,15)(H2,13,18,19). The zero-order valence-corrected chi connectivity index (χ0v) is 13.0. The summed E-state index contributed by atoms with van der Waals surface area (Å²) < 4.78 is 57.9. The van der Waals surface area contributed by atoms with Crippen molar-refractivity contribution in [2.24, 2.45) is 5.14 Å². The van der Waals surface area contributed by atoms with Crippen LogP contribution in [0, 0.1) is 5.82 Å². The van der Waals surface area contributed by atoms with E-state index in [1.807, 2.05) is 0 Å². The van der Waals surface area contributed by atoms with E-state index < -0.39 is 42.5 Å². The van der Waals surface area contributed by atoms with Crippen LogP contribution in [0.15, 0.2) is 23.1 Å². The number of amides is 1. The molecule has 0 heterocycles. The molecule has 0 aliphatic carbocycles. The van der Waals surface area contributed by atoms with Gasteiger partial charge in [-0.3, -0.25) is 4.79 Å². The van der Waals surface area contributed by atoms with Crippen LogP contribution in [0.4, 0.5) is 4.39 Å². The first-order chi connectivity index (χ1) is 9.40. The summed E-state index contributed by atoms with van der Waals surface area (Å²) in [5, 5.41) is 7.21. The second kappa shape index (κ2) is 6.08. The molecular formula is C11H15FN2O5S2. The number of hydrogen-bond donors (Lipinski definition) is 2. The lowest BCUT2D eigenvalue weighted by Gasteiger charge is -2.13. The lowest BCUT2D eigenvalue weighted by molar-refractivity contribution is 0.0943. The summed E-state index contributed by atoms with van der Waals surface area (Å²) >= 11 is 0. The van der Waals surface area contributed by atoms with Gasteiger partial charge in [0, 0.05) is 17.9 Å². The second-order valence-electron chi connectivity index (χ2n) is 4.66. The van der Waals surface area contributed by atoms with Gasteiger partial charge in [0.15, 0.2) is 0 Å². The molecule has 0 spiro atoms. The quantitative estimate of drug-likeness (QED) is 0.758. The highest BCUT2D eigenvalue weighted by atomic mass is 32.2. The van der Waals surface area contributed by atoms with E-state index in [0.29, 0.717) is 0 Å². The molecule has 0 saturated heterocycles. The van der Waals surface area contributed by atoms with Crippen molar-refractivity contribution in [2.45, 2.75) is 17.9 Å². The van der Waals surface area contributed by atoms with E-state index in [4.69, 9.17) is 5.14 Å². The van der Waals surface area contributed by atoms with Gasteiger partial charge in [0.1, 0.15) is 20.5 Å². The molecule has 1 aromatic carbocycles. The number of benzene rings is 1. The SMILES string of the molecule is CC(CS(C)(=O)=O)NC(=O)c1ccc(F)c(S(N)(=O)=O)c1. The van der Waals surface area contributed by atoms with Crippen LogP contribution in [0.25, 0.3) is 0 Å². The molecule has 10 heteroatoms. The van der Waals surface area contributed by atoms with Gasteiger partial charge in [-0.15, -0.1) is 0 Å². The van der Waals surface area contributed by atoms with Crippen molar-refractivity contribution in [1.82, 2.24) is 5.32 Å². The lowest BCUT2D eigenvalue weighted by Crippen LogP contribution is -2.37. The Morgan fingerprint density at radius 2 is 1.90 bits per heavy atom. The molecule has 0 radical (unpaired) electrons. The van der Waals surface area contributed by atoms with Crippen LogP contribution in [0.3, 0.4) is 0 Å². The van der Waals surface area contributed by atoms with Crippen molar-refractivity contribution < 1.29 is 26.0 Å². The largest absolute Gasteiger partial charge is 0.349 e. The number of primary sulfonamides is 1. The number of halogens is 1. The summed E-state index contributed by atoms with van der Waals surface area (Å²) in [4.78, 5) is 11.1. The molecule has 0 aromatic heterocycles. The molecule has 1 atom stereocenters. The maximum absolute atomic E-state index is 13.3. The average molecular weight is 338 g/mol. The van der Waals surface area contributed by atoms with Crippen LogP contribution < -0.4 is 10.5 Å². The van der Waals surface area contributed by atoms with Gasteiger partial charge in [0.05, 0.1) is 5.75 Å². The highest BCUT2D eigenvalue weighted by Gasteiger charge is 2.19. The van der Waals surface area contributed by atoms with E-state index in [1.165, 1.54) is 6.92 Å². The number of rotatable bonds is 5. The van der Waals surface area contributed by atoms with Gasteiger partial charge >= 0.3 is 0 Å². The number of hydrogen-bond acceptors (Lipinski definition) is 5. The zero-order chi connectivity index (χ0) is 16.4. The molecular weight excluding hydrogens is 323 g/mol. The van der Waals surface area contributed by atoms with Crippen LogP contribution in [0.5, 0.6) is 0 Å². The van der Waals surface area contributed by atoms with Crippen LogP contribution in [0.2, 0.25) is 0 Å². The fraction of sp³-hybridized carbons (Fsp3) is 0.364. The van der Waals surface area contributed by atoms with Crippen molar-refractivity contribution in [3.8, 4) is 0 Å². The fourth-order valence-electron chi connectivity index (χ4n) is 1.67. The lowest BCUT2D eigenvalue weighted by atomic mass is 10.2. The summed E-state index contributed by atoms with van der Waals surface area (Å²) in [5.41, 5.74) is -0.138. The second-order valence-corrected chi connectivity index (χ2v) is 8.37. The topological polar surface area (TPSA) is 123 Å². The maximum atomic E-state index is 13.3. The number of sulfone groups is 1. The predicted octanol–water partition coefficient (Wildman–Crippen LogP) is -0.364. The van der Waals surface area contributed by atoms with Crippen molar-refractivity contribution in [1.29, 1.82) is 0 Å². The third kappa shape index (κ3) is 5.40. The number of carbonyl (C=O) groups is 1. The van der Waals surface area contributed by atoms with E-state index in [2.05, 4.69) is 5.32 Å². The summed E-state index contributed by atoms with van der Waals surface area (Å²) in [6, 6.07) is 1.99. The molecule has 1 aromatic rings. The first kappa shape index (κ1) is 17.5. The minimum atomic E-state index is -4.30. The molecule has 0 aliphatic heterocycles. The molecule has 7 nitrogen and oxygen atoms in total. The minimum absolute atomic E-state index is 0.138. The number of carbonyl (C=O) groups excluding carboxylic acids is 1. The van der Waals surface area contributed by atoms with Crippen LogP contribution in [0.1, 0.15) is 17.3 Å². The minimum Gasteiger partial charge on any atom is -0.349 e. The Kier molecular flexibility index (Phi) is 5.07. The molecule has 1 unspecified atom stereocenters. The molecule has 1 amide bonds. The molecule has 118 valence electrons. The van der Waals surface area contributed by atoms with Crippen LogP contribution in [-0.2, 0) is 19.9 Å². The first-order valence-corrected chi connectivity index (χ1v) is 9.32. The van der Waals surface area contributed by atoms with E-state index >= 15 is 0 Å². The Morgan fingerprint density at radius 3 is 2.38 bits per heavy atom. The molecule has 0 saturated carbocycles. The molecule has 3 N–H and O–H groups in total. The van der Waals surface area contributed by atoms with Gasteiger partial charge in [-0.05, 0) is 25.1 Å². The van der Waals surface area contributed by atoms with Gasteiger partial charge in [-0.2, -0.15) is 0 Å². The monoisotopic (exact) mass is 338 g/mol. The first-order valence-electron chi connectivity index (χ1n) is 5.71. The Hall–Kier alpha value is -1.52. The van der Waals surface area contributed by atoms with Crippen LogP contribution >= 0.6 is 0 Å². The molecule has 1 rings (SSSR count). The number of nitrogens with one attached hydrogen (secondary N) is 1. The summed E-state index contributed by atoms with van der Waals surface area (Å²) in [7, 11) is -7.58. The normalized spacial score (nSPS) is 13.7. The van der Waals surface area contributed by atoms with Gasteiger partial charge in [-0.1, -0.05) is 0 Å². The number of sulfonamides is 1. The van der Waals surface area contributed by atoms with E-state index in [-0.39, 0.29) is 11.3 Å². The Labute approximate surface area is 122 Å². The van der Waals surface area contributed by atoms with Crippen molar-refractivity contribution >= 4 is 25.8 Å². The van der Waals surface area contributed by atoms with Gasteiger partial charge < -0.3 is 5.32 Å².